The van der Waals surface area contributed by atoms with Crippen molar-refractivity contribution < 1.29 is 19.7 Å². The molecule has 2 atom stereocenters. The van der Waals surface area contributed by atoms with E-state index < -0.39 is 12.1 Å². The summed E-state index contributed by atoms with van der Waals surface area (Å²) < 4.78 is 5.31. The maximum absolute atomic E-state index is 10.6. The number of benzene rings is 1. The Morgan fingerprint density at radius 1 is 1.35 bits per heavy atom. The smallest absolute Gasteiger partial charge is 0.303 e. The van der Waals surface area contributed by atoms with Crippen LogP contribution in [0.1, 0.15) is 38.4 Å². The summed E-state index contributed by atoms with van der Waals surface area (Å²) in [5, 5.41) is 19.6. The number of ether oxygens (including phenoxy) is 1. The monoisotopic (exact) mass is 320 g/mol. The first-order valence-electron chi connectivity index (χ1n) is 6.36. The van der Waals surface area contributed by atoms with Gasteiger partial charge in [-0.3, -0.25) is 4.79 Å². The Kier molecular flexibility index (Phi) is 6.59. The fourth-order valence-electron chi connectivity index (χ4n) is 1.95. The highest BCUT2D eigenvalue weighted by Crippen LogP contribution is 2.36. The van der Waals surface area contributed by atoms with Crippen LogP contribution in [-0.2, 0) is 4.79 Å². The van der Waals surface area contributed by atoms with E-state index in [-0.39, 0.29) is 12.3 Å². The number of hydrogen-bond acceptors (Lipinski definition) is 3. The fraction of sp³-hybridized carbons (Fsp3) is 0.500. The van der Waals surface area contributed by atoms with E-state index in [0.29, 0.717) is 34.4 Å². The van der Waals surface area contributed by atoms with Gasteiger partial charge in [0.1, 0.15) is 5.75 Å². The minimum Gasteiger partial charge on any atom is -0.492 e. The topological polar surface area (TPSA) is 66.8 Å². The molecule has 4 nitrogen and oxygen atoms in total. The maximum Gasteiger partial charge on any atom is 0.303 e. The molecule has 112 valence electrons. The van der Waals surface area contributed by atoms with Gasteiger partial charge in [0, 0.05) is 18.1 Å². The van der Waals surface area contributed by atoms with Crippen LogP contribution in [0.2, 0.25) is 10.0 Å². The average molecular weight is 321 g/mol. The first-order chi connectivity index (χ1) is 9.35. The number of hydrogen-bond donors (Lipinski definition) is 2. The molecule has 0 saturated carbocycles. The summed E-state index contributed by atoms with van der Waals surface area (Å²) in [6.07, 6.45) is -0.555. The minimum absolute atomic E-state index is 0.000555. The van der Waals surface area contributed by atoms with E-state index in [4.69, 9.17) is 33.0 Å². The molecule has 0 aliphatic carbocycles. The molecule has 0 aliphatic heterocycles. The molecule has 0 aliphatic rings. The summed E-state index contributed by atoms with van der Waals surface area (Å²) in [6.45, 7) is 4.07. The lowest BCUT2D eigenvalue weighted by Gasteiger charge is -2.18. The van der Waals surface area contributed by atoms with Gasteiger partial charge in [-0.1, -0.05) is 30.1 Å². The van der Waals surface area contributed by atoms with E-state index >= 15 is 0 Å². The molecule has 0 bridgehead atoms. The number of carboxylic acid groups (broad SMARTS) is 1. The predicted octanol–water partition coefficient (Wildman–Crippen LogP) is 3.93. The number of aliphatic hydroxyl groups excluding tert-OH is 1. The van der Waals surface area contributed by atoms with Gasteiger partial charge in [0.15, 0.2) is 0 Å². The fourth-order valence-corrected chi connectivity index (χ4v) is 2.46. The van der Waals surface area contributed by atoms with Gasteiger partial charge in [-0.2, -0.15) is 0 Å². The van der Waals surface area contributed by atoms with E-state index in [2.05, 4.69) is 0 Å². The molecule has 2 N–H and O–H groups in total. The SMILES string of the molecule is CCOc1cc(Cl)c(C(O)CC(C)CC(=O)O)cc1Cl. The molecule has 0 saturated heterocycles. The lowest BCUT2D eigenvalue weighted by atomic mass is 9.96. The van der Waals surface area contributed by atoms with E-state index in [1.54, 1.807) is 19.1 Å². The molecule has 1 aromatic carbocycles. The van der Waals surface area contributed by atoms with Gasteiger partial charge >= 0.3 is 5.97 Å². The van der Waals surface area contributed by atoms with Crippen LogP contribution in [0.5, 0.6) is 5.75 Å². The van der Waals surface area contributed by atoms with Crippen LogP contribution >= 0.6 is 23.2 Å². The number of carbonyl (C=O) groups is 1. The van der Waals surface area contributed by atoms with Gasteiger partial charge in [-0.15, -0.1) is 0 Å². The van der Waals surface area contributed by atoms with Crippen LogP contribution in [0.4, 0.5) is 0 Å². The first-order valence-corrected chi connectivity index (χ1v) is 7.12. The van der Waals surface area contributed by atoms with Crippen LogP contribution in [0.15, 0.2) is 12.1 Å². The Labute approximate surface area is 128 Å². The van der Waals surface area contributed by atoms with Gasteiger partial charge in [-0.25, -0.2) is 0 Å². The molecule has 0 aromatic heterocycles. The Bertz CT molecular complexity index is 476. The third kappa shape index (κ3) is 4.85. The standard InChI is InChI=1S/C14H18Cl2O4/c1-3-20-13-7-10(15)9(6-11(13)16)12(17)4-8(2)5-14(18)19/h6-8,12,17H,3-5H2,1-2H3,(H,18,19). The van der Waals surface area contributed by atoms with E-state index in [1.807, 2.05) is 6.92 Å². The van der Waals surface area contributed by atoms with Crippen molar-refractivity contribution >= 4 is 29.2 Å². The molecule has 6 heteroatoms. The molecule has 20 heavy (non-hydrogen) atoms. The van der Waals surface area contributed by atoms with Crippen molar-refractivity contribution in [2.45, 2.75) is 32.8 Å². The van der Waals surface area contributed by atoms with E-state index in [1.165, 1.54) is 0 Å². The highest BCUT2D eigenvalue weighted by atomic mass is 35.5. The first kappa shape index (κ1) is 17.1. The molecule has 0 spiro atoms. The zero-order valence-corrected chi connectivity index (χ0v) is 12.9. The van der Waals surface area contributed by atoms with E-state index in [0.717, 1.165) is 0 Å². The lowest BCUT2D eigenvalue weighted by Crippen LogP contribution is -2.09. The highest BCUT2D eigenvalue weighted by Gasteiger charge is 2.19. The molecule has 0 heterocycles. The van der Waals surface area contributed by atoms with Crippen molar-refractivity contribution in [1.29, 1.82) is 0 Å². The molecule has 0 radical (unpaired) electrons. The number of rotatable bonds is 7. The molecule has 2 unspecified atom stereocenters. The van der Waals surface area contributed by atoms with Crippen LogP contribution in [0.25, 0.3) is 0 Å². The largest absolute Gasteiger partial charge is 0.492 e. The quantitative estimate of drug-likeness (QED) is 0.798. The second-order valence-corrected chi connectivity index (χ2v) is 5.51. The summed E-state index contributed by atoms with van der Waals surface area (Å²) in [7, 11) is 0. The molecular weight excluding hydrogens is 303 g/mol. The normalized spacial score (nSPS) is 13.8. The van der Waals surface area contributed by atoms with Crippen molar-refractivity contribution in [2.75, 3.05) is 6.61 Å². The van der Waals surface area contributed by atoms with Gasteiger partial charge in [0.2, 0.25) is 0 Å². The van der Waals surface area contributed by atoms with Crippen molar-refractivity contribution in [1.82, 2.24) is 0 Å². The van der Waals surface area contributed by atoms with Crippen molar-refractivity contribution in [3.05, 3.63) is 27.7 Å². The van der Waals surface area contributed by atoms with Gasteiger partial charge < -0.3 is 14.9 Å². The summed E-state index contributed by atoms with van der Waals surface area (Å²) >= 11 is 12.2. The zero-order chi connectivity index (χ0) is 15.3. The van der Waals surface area contributed by atoms with Gasteiger partial charge in [0.05, 0.1) is 22.8 Å². The summed E-state index contributed by atoms with van der Waals surface area (Å²) in [5.74, 6) is -0.585. The molecule has 1 aromatic rings. The number of aliphatic carboxylic acids is 1. The number of halogens is 2. The van der Waals surface area contributed by atoms with Crippen molar-refractivity contribution in [3.63, 3.8) is 0 Å². The molecular formula is C14H18Cl2O4. The third-order valence-corrected chi connectivity index (χ3v) is 3.48. The third-order valence-electron chi connectivity index (χ3n) is 2.86. The van der Waals surface area contributed by atoms with Crippen molar-refractivity contribution in [2.24, 2.45) is 5.92 Å². The number of aliphatic hydroxyl groups is 1. The van der Waals surface area contributed by atoms with Gasteiger partial charge in [0.25, 0.3) is 0 Å². The van der Waals surface area contributed by atoms with E-state index in [9.17, 15) is 9.90 Å². The molecule has 0 amide bonds. The van der Waals surface area contributed by atoms with Crippen LogP contribution in [0.3, 0.4) is 0 Å². The Hall–Kier alpha value is -0.970. The van der Waals surface area contributed by atoms with Crippen LogP contribution < -0.4 is 4.74 Å². The van der Waals surface area contributed by atoms with Crippen molar-refractivity contribution in [3.8, 4) is 5.75 Å². The number of carboxylic acids is 1. The maximum atomic E-state index is 10.6. The molecule has 1 rings (SSSR count). The second kappa shape index (κ2) is 7.72. The van der Waals surface area contributed by atoms with Gasteiger partial charge in [-0.05, 0) is 25.3 Å². The predicted molar refractivity (Wildman–Crippen MR) is 78.6 cm³/mol. The Balaban J connectivity index is 2.85. The van der Waals surface area contributed by atoms with Crippen LogP contribution in [-0.4, -0.2) is 22.8 Å². The molecule has 0 fully saturated rings. The zero-order valence-electron chi connectivity index (χ0n) is 11.4. The second-order valence-electron chi connectivity index (χ2n) is 4.69. The average Bonchev–Trinajstić information content (AvgIpc) is 2.32. The Morgan fingerprint density at radius 3 is 2.55 bits per heavy atom. The summed E-state index contributed by atoms with van der Waals surface area (Å²) in [5.41, 5.74) is 0.484. The summed E-state index contributed by atoms with van der Waals surface area (Å²) in [4.78, 5) is 10.6. The van der Waals surface area contributed by atoms with Crippen LogP contribution in [0, 0.1) is 5.92 Å². The lowest BCUT2D eigenvalue weighted by molar-refractivity contribution is -0.138. The Morgan fingerprint density at radius 2 is 2.00 bits per heavy atom. The minimum atomic E-state index is -0.888. The summed E-state index contributed by atoms with van der Waals surface area (Å²) in [6, 6.07) is 3.13. The highest BCUT2D eigenvalue weighted by molar-refractivity contribution is 6.34.